The molecule has 6 heteroatoms. The quantitative estimate of drug-likeness (QED) is 0.864. The Labute approximate surface area is 144 Å². The van der Waals surface area contributed by atoms with E-state index in [0.29, 0.717) is 11.5 Å². The minimum absolute atomic E-state index is 0.0555. The van der Waals surface area contributed by atoms with Gasteiger partial charge in [-0.15, -0.1) is 11.3 Å². The molecule has 1 amide bonds. The van der Waals surface area contributed by atoms with Gasteiger partial charge in [0.1, 0.15) is 18.4 Å². The number of benzene rings is 1. The molecule has 1 aromatic heterocycles. The second kappa shape index (κ2) is 6.65. The molecule has 0 fully saturated rings. The van der Waals surface area contributed by atoms with Crippen molar-refractivity contribution in [3.05, 3.63) is 40.8 Å². The number of fused-ring (bicyclic) bond motifs is 3. The molecule has 3 rings (SSSR count). The summed E-state index contributed by atoms with van der Waals surface area (Å²) in [6, 6.07) is 8.95. The number of methoxy groups -OCH3 is 1. The predicted molar refractivity (Wildman–Crippen MR) is 92.2 cm³/mol. The smallest absolute Gasteiger partial charge is 0.328 e. The minimum atomic E-state index is -0.662. The first-order valence-corrected chi connectivity index (χ1v) is 8.56. The summed E-state index contributed by atoms with van der Waals surface area (Å²) in [5, 5.41) is 2.77. The number of nitrogens with one attached hydrogen (secondary N) is 1. The van der Waals surface area contributed by atoms with Crippen LogP contribution in [0.3, 0.4) is 0 Å². The summed E-state index contributed by atoms with van der Waals surface area (Å²) in [5.74, 6) is 0.0674. The van der Waals surface area contributed by atoms with Crippen LogP contribution in [0.5, 0.6) is 5.75 Å². The molecule has 1 atom stereocenters. The predicted octanol–water partition coefficient (Wildman–Crippen LogP) is 3.23. The average molecular weight is 345 g/mol. The molecule has 2 aromatic rings. The molecule has 0 radical (unpaired) electrons. The lowest BCUT2D eigenvalue weighted by Gasteiger charge is -2.19. The molecule has 2 heterocycles. The Balaban J connectivity index is 1.86. The highest BCUT2D eigenvalue weighted by Crippen LogP contribution is 2.42. The third-order valence-electron chi connectivity index (χ3n) is 3.96. The Morgan fingerprint density at radius 2 is 2.04 bits per heavy atom. The van der Waals surface area contributed by atoms with Crippen LogP contribution in [0.2, 0.25) is 0 Å². The first kappa shape index (κ1) is 16.5. The van der Waals surface area contributed by atoms with Crippen molar-refractivity contribution in [2.24, 2.45) is 5.92 Å². The van der Waals surface area contributed by atoms with Crippen molar-refractivity contribution >= 4 is 23.2 Å². The van der Waals surface area contributed by atoms with E-state index in [1.54, 1.807) is 0 Å². The zero-order valence-electron chi connectivity index (χ0n) is 13.8. The summed E-state index contributed by atoms with van der Waals surface area (Å²) < 4.78 is 10.5. The van der Waals surface area contributed by atoms with Crippen LogP contribution in [0.4, 0.5) is 0 Å². The Hall–Kier alpha value is -2.34. The number of para-hydroxylation sites is 1. The van der Waals surface area contributed by atoms with Crippen molar-refractivity contribution < 1.29 is 19.1 Å². The molecular weight excluding hydrogens is 326 g/mol. The van der Waals surface area contributed by atoms with Gasteiger partial charge in [-0.2, -0.15) is 0 Å². The average Bonchev–Trinajstić information content (AvgIpc) is 3.03. The highest BCUT2D eigenvalue weighted by Gasteiger charge is 2.28. The molecule has 1 aromatic carbocycles. The normalized spacial score (nSPS) is 13.5. The maximum absolute atomic E-state index is 12.6. The molecule has 24 heavy (non-hydrogen) atoms. The summed E-state index contributed by atoms with van der Waals surface area (Å²) in [6.45, 7) is 4.18. The number of hydrogen-bond acceptors (Lipinski definition) is 5. The topological polar surface area (TPSA) is 64.6 Å². The van der Waals surface area contributed by atoms with Gasteiger partial charge >= 0.3 is 5.97 Å². The van der Waals surface area contributed by atoms with E-state index in [1.807, 2.05) is 44.2 Å². The Morgan fingerprint density at radius 1 is 1.29 bits per heavy atom. The number of ether oxygens (including phenoxy) is 2. The van der Waals surface area contributed by atoms with E-state index in [2.05, 4.69) is 5.32 Å². The summed E-state index contributed by atoms with van der Waals surface area (Å²) in [5.41, 5.74) is 1.99. The highest BCUT2D eigenvalue weighted by molar-refractivity contribution is 7.17. The van der Waals surface area contributed by atoms with Crippen LogP contribution in [0.25, 0.3) is 10.4 Å². The van der Waals surface area contributed by atoms with E-state index in [1.165, 1.54) is 18.4 Å². The Kier molecular flexibility index (Phi) is 4.57. The largest absolute Gasteiger partial charge is 0.488 e. The number of esters is 1. The third kappa shape index (κ3) is 3.01. The molecule has 1 aliphatic heterocycles. The molecule has 0 spiro atoms. The van der Waals surface area contributed by atoms with Crippen molar-refractivity contribution in [3.8, 4) is 16.2 Å². The minimum Gasteiger partial charge on any atom is -0.488 e. The molecule has 1 aliphatic rings. The van der Waals surface area contributed by atoms with E-state index >= 15 is 0 Å². The van der Waals surface area contributed by atoms with Crippen molar-refractivity contribution in [1.82, 2.24) is 5.32 Å². The lowest BCUT2D eigenvalue weighted by molar-refractivity contribution is -0.144. The fourth-order valence-corrected chi connectivity index (χ4v) is 3.75. The van der Waals surface area contributed by atoms with Crippen molar-refractivity contribution in [3.63, 3.8) is 0 Å². The molecule has 1 N–H and O–H groups in total. The van der Waals surface area contributed by atoms with E-state index in [-0.39, 0.29) is 11.8 Å². The zero-order chi connectivity index (χ0) is 17.3. The molecule has 0 saturated carbocycles. The second-order valence-electron chi connectivity index (χ2n) is 5.97. The molecule has 1 unspecified atom stereocenters. The van der Waals surface area contributed by atoms with Gasteiger partial charge in [0, 0.05) is 16.0 Å². The number of carbonyl (C=O) groups is 2. The summed E-state index contributed by atoms with van der Waals surface area (Å²) in [7, 11) is 1.32. The fraction of sp³-hybridized carbons (Fsp3) is 0.333. The summed E-state index contributed by atoms with van der Waals surface area (Å²) in [6.07, 6.45) is 0. The van der Waals surface area contributed by atoms with E-state index in [0.717, 1.165) is 21.8 Å². The number of amides is 1. The van der Waals surface area contributed by atoms with Gasteiger partial charge < -0.3 is 14.8 Å². The summed E-state index contributed by atoms with van der Waals surface area (Å²) in [4.78, 5) is 26.0. The summed E-state index contributed by atoms with van der Waals surface area (Å²) >= 11 is 1.41. The van der Waals surface area contributed by atoms with Crippen LogP contribution in [0.1, 0.15) is 29.1 Å². The number of rotatable bonds is 4. The third-order valence-corrected chi connectivity index (χ3v) is 5.17. The molecule has 5 nitrogen and oxygen atoms in total. The first-order chi connectivity index (χ1) is 11.5. The monoisotopic (exact) mass is 345 g/mol. The van der Waals surface area contributed by atoms with Crippen molar-refractivity contribution in [2.45, 2.75) is 26.5 Å². The van der Waals surface area contributed by atoms with Gasteiger partial charge in [-0.05, 0) is 24.1 Å². The van der Waals surface area contributed by atoms with Crippen molar-refractivity contribution in [1.29, 1.82) is 0 Å². The van der Waals surface area contributed by atoms with Gasteiger partial charge in [0.05, 0.1) is 12.0 Å². The number of carbonyl (C=O) groups excluding carboxylic acids is 2. The Morgan fingerprint density at radius 3 is 2.75 bits per heavy atom. The SMILES string of the molecule is COC(=O)C(NC(=O)c1cc2c(s1)-c1ccccc1OC2)C(C)C. The van der Waals surface area contributed by atoms with Gasteiger partial charge in [-0.25, -0.2) is 4.79 Å². The van der Waals surface area contributed by atoms with Crippen LogP contribution >= 0.6 is 11.3 Å². The van der Waals surface area contributed by atoms with Crippen LogP contribution in [0, 0.1) is 5.92 Å². The second-order valence-corrected chi connectivity index (χ2v) is 7.02. The van der Waals surface area contributed by atoms with Crippen LogP contribution in [-0.4, -0.2) is 25.0 Å². The standard InChI is InChI=1S/C18H19NO4S/c1-10(2)15(18(21)22-3)19-17(20)14-8-11-9-23-13-7-5-4-6-12(13)16(11)24-14/h4-8,10,15H,9H2,1-3H3,(H,19,20). The molecule has 126 valence electrons. The Bertz CT molecular complexity index is 781. The number of thiophene rings is 1. The van der Waals surface area contributed by atoms with Gasteiger partial charge in [-0.1, -0.05) is 26.0 Å². The van der Waals surface area contributed by atoms with Crippen LogP contribution in [-0.2, 0) is 16.1 Å². The number of hydrogen-bond donors (Lipinski definition) is 1. The van der Waals surface area contributed by atoms with Gasteiger partial charge in [0.2, 0.25) is 0 Å². The first-order valence-electron chi connectivity index (χ1n) is 7.75. The van der Waals surface area contributed by atoms with Gasteiger partial charge in [0.15, 0.2) is 0 Å². The van der Waals surface area contributed by atoms with E-state index < -0.39 is 12.0 Å². The fourth-order valence-electron chi connectivity index (χ4n) is 2.65. The molecular formula is C18H19NO4S. The molecule has 0 bridgehead atoms. The molecule has 0 aliphatic carbocycles. The zero-order valence-corrected chi connectivity index (χ0v) is 14.6. The lowest BCUT2D eigenvalue weighted by atomic mass is 10.0. The lowest BCUT2D eigenvalue weighted by Crippen LogP contribution is -2.44. The molecule has 0 saturated heterocycles. The van der Waals surface area contributed by atoms with Gasteiger partial charge in [-0.3, -0.25) is 4.79 Å². The van der Waals surface area contributed by atoms with E-state index in [9.17, 15) is 9.59 Å². The van der Waals surface area contributed by atoms with Crippen LogP contribution in [0.15, 0.2) is 30.3 Å². The van der Waals surface area contributed by atoms with Crippen molar-refractivity contribution in [2.75, 3.05) is 7.11 Å². The maximum atomic E-state index is 12.6. The highest BCUT2D eigenvalue weighted by atomic mass is 32.1. The van der Waals surface area contributed by atoms with Crippen LogP contribution < -0.4 is 10.1 Å². The van der Waals surface area contributed by atoms with Gasteiger partial charge in [0.25, 0.3) is 5.91 Å². The van der Waals surface area contributed by atoms with E-state index in [4.69, 9.17) is 9.47 Å². The maximum Gasteiger partial charge on any atom is 0.328 e.